The second kappa shape index (κ2) is 7.29. The standard InChI is InChI=1S/C16H25NO2/c1-12(2)9-17(10-13(3)4)11-14-6-5-7-15(8-14)16(18)19/h5-8,12-13H,9-11H2,1-4H3,(H,18,19). The summed E-state index contributed by atoms with van der Waals surface area (Å²) in [6.07, 6.45) is 0. The molecule has 0 amide bonds. The normalized spacial score (nSPS) is 11.5. The van der Waals surface area contributed by atoms with E-state index in [-0.39, 0.29) is 5.56 Å². The zero-order chi connectivity index (χ0) is 14.4. The molecule has 1 N–H and O–H groups in total. The summed E-state index contributed by atoms with van der Waals surface area (Å²) >= 11 is 0. The highest BCUT2D eigenvalue weighted by molar-refractivity contribution is 5.85. The van der Waals surface area contributed by atoms with Crippen molar-refractivity contribution in [2.45, 2.75) is 34.2 Å². The van der Waals surface area contributed by atoms with E-state index in [1.807, 2.05) is 6.07 Å². The van der Waals surface area contributed by atoms with Crippen LogP contribution in [0.3, 0.4) is 0 Å². The highest BCUT2D eigenvalue weighted by atomic mass is 16.4. The van der Waals surface area contributed by atoms with Gasteiger partial charge in [0.15, 0.2) is 0 Å². The maximum atomic E-state index is 10.9. The number of carboxylic acid groups (broad SMARTS) is 1. The smallest absolute Gasteiger partial charge is 0.103 e. The molecule has 19 heavy (non-hydrogen) atoms. The van der Waals surface area contributed by atoms with Crippen molar-refractivity contribution in [2.24, 2.45) is 11.8 Å². The van der Waals surface area contributed by atoms with Gasteiger partial charge >= 0.3 is 0 Å². The lowest BCUT2D eigenvalue weighted by molar-refractivity contribution is -0.919. The molecule has 0 saturated carbocycles. The van der Waals surface area contributed by atoms with Crippen LogP contribution in [0.25, 0.3) is 0 Å². The van der Waals surface area contributed by atoms with Gasteiger partial charge in [-0.15, -0.1) is 0 Å². The largest absolute Gasteiger partial charge is 0.545 e. The highest BCUT2D eigenvalue weighted by Crippen LogP contribution is 2.03. The van der Waals surface area contributed by atoms with Crippen molar-refractivity contribution in [2.75, 3.05) is 13.1 Å². The molecule has 1 rings (SSSR count). The lowest BCUT2D eigenvalue weighted by Crippen LogP contribution is -3.11. The van der Waals surface area contributed by atoms with Crippen molar-refractivity contribution in [3.8, 4) is 0 Å². The van der Waals surface area contributed by atoms with Crippen molar-refractivity contribution in [1.29, 1.82) is 0 Å². The predicted molar refractivity (Wildman–Crippen MR) is 74.8 cm³/mol. The van der Waals surface area contributed by atoms with E-state index in [2.05, 4.69) is 27.7 Å². The molecule has 0 heterocycles. The molecule has 0 saturated heterocycles. The molecule has 0 aliphatic carbocycles. The van der Waals surface area contributed by atoms with E-state index in [1.54, 1.807) is 18.2 Å². The average Bonchev–Trinajstić information content (AvgIpc) is 2.27. The van der Waals surface area contributed by atoms with Gasteiger partial charge in [0.2, 0.25) is 0 Å². The van der Waals surface area contributed by atoms with Crippen LogP contribution in [-0.4, -0.2) is 19.1 Å². The second-order valence-electron chi connectivity index (χ2n) is 6.11. The van der Waals surface area contributed by atoms with E-state index in [0.29, 0.717) is 11.8 Å². The first-order chi connectivity index (χ1) is 8.88. The first-order valence-corrected chi connectivity index (χ1v) is 7.02. The monoisotopic (exact) mass is 263 g/mol. The molecule has 1 aromatic rings. The van der Waals surface area contributed by atoms with Crippen LogP contribution in [-0.2, 0) is 6.54 Å². The van der Waals surface area contributed by atoms with Gasteiger partial charge in [-0.3, -0.25) is 0 Å². The fourth-order valence-corrected chi connectivity index (χ4v) is 2.48. The van der Waals surface area contributed by atoms with Gasteiger partial charge in [0, 0.05) is 17.4 Å². The van der Waals surface area contributed by atoms with Crippen molar-refractivity contribution < 1.29 is 14.8 Å². The Balaban J connectivity index is 2.77. The first-order valence-electron chi connectivity index (χ1n) is 7.02. The quantitative estimate of drug-likeness (QED) is 0.789. The van der Waals surface area contributed by atoms with Crippen LogP contribution in [0.2, 0.25) is 0 Å². The Morgan fingerprint density at radius 1 is 1.16 bits per heavy atom. The minimum absolute atomic E-state index is 0.269. The fourth-order valence-electron chi connectivity index (χ4n) is 2.48. The Kier molecular flexibility index (Phi) is 6.03. The van der Waals surface area contributed by atoms with Crippen LogP contribution in [0.15, 0.2) is 24.3 Å². The predicted octanol–water partition coefficient (Wildman–Crippen LogP) is 0.747. The van der Waals surface area contributed by atoms with Gasteiger partial charge in [-0.25, -0.2) is 0 Å². The maximum Gasteiger partial charge on any atom is 0.103 e. The Hall–Kier alpha value is -1.35. The van der Waals surface area contributed by atoms with Gasteiger partial charge in [0.05, 0.1) is 19.1 Å². The second-order valence-corrected chi connectivity index (χ2v) is 6.11. The van der Waals surface area contributed by atoms with Crippen LogP contribution in [0.4, 0.5) is 0 Å². The summed E-state index contributed by atoms with van der Waals surface area (Å²) in [6, 6.07) is 7.11. The zero-order valence-electron chi connectivity index (χ0n) is 12.4. The molecule has 0 bridgehead atoms. The number of carbonyl (C=O) groups excluding carboxylic acids is 1. The third-order valence-electron chi connectivity index (χ3n) is 3.01. The Morgan fingerprint density at radius 3 is 2.21 bits per heavy atom. The third-order valence-corrected chi connectivity index (χ3v) is 3.01. The van der Waals surface area contributed by atoms with Gasteiger partial charge in [-0.1, -0.05) is 45.9 Å². The van der Waals surface area contributed by atoms with Gasteiger partial charge in [-0.05, 0) is 11.6 Å². The molecule has 1 aromatic carbocycles. The summed E-state index contributed by atoms with van der Waals surface area (Å²) < 4.78 is 0. The zero-order valence-corrected chi connectivity index (χ0v) is 12.4. The molecule has 0 unspecified atom stereocenters. The number of carboxylic acids is 1. The van der Waals surface area contributed by atoms with E-state index in [9.17, 15) is 9.90 Å². The van der Waals surface area contributed by atoms with Crippen LogP contribution < -0.4 is 10.0 Å². The lowest BCUT2D eigenvalue weighted by Gasteiger charge is -2.23. The summed E-state index contributed by atoms with van der Waals surface area (Å²) in [4.78, 5) is 12.4. The van der Waals surface area contributed by atoms with Crippen molar-refractivity contribution >= 4 is 5.97 Å². The van der Waals surface area contributed by atoms with Crippen molar-refractivity contribution in [1.82, 2.24) is 0 Å². The van der Waals surface area contributed by atoms with Gasteiger partial charge in [0.1, 0.15) is 6.54 Å². The van der Waals surface area contributed by atoms with E-state index in [4.69, 9.17) is 0 Å². The number of nitrogens with one attached hydrogen (secondary N) is 1. The van der Waals surface area contributed by atoms with Crippen LogP contribution >= 0.6 is 0 Å². The van der Waals surface area contributed by atoms with Gasteiger partial charge in [-0.2, -0.15) is 0 Å². The summed E-state index contributed by atoms with van der Waals surface area (Å²) in [5, 5.41) is 10.9. The lowest BCUT2D eigenvalue weighted by atomic mass is 10.1. The van der Waals surface area contributed by atoms with Gasteiger partial charge in [0.25, 0.3) is 0 Å². The number of quaternary nitrogens is 1. The summed E-state index contributed by atoms with van der Waals surface area (Å²) in [5.41, 5.74) is 1.34. The molecule has 0 spiro atoms. The number of hydrogen-bond donors (Lipinski definition) is 1. The minimum Gasteiger partial charge on any atom is -0.545 e. The molecule has 3 heteroatoms. The average molecular weight is 263 g/mol. The Bertz CT molecular complexity index is 403. The minimum atomic E-state index is -1.10. The molecule has 3 nitrogen and oxygen atoms in total. The summed E-state index contributed by atoms with van der Waals surface area (Å²) in [7, 11) is 0. The van der Waals surface area contributed by atoms with Crippen molar-refractivity contribution in [3.05, 3.63) is 35.4 Å². The topological polar surface area (TPSA) is 44.6 Å². The fraction of sp³-hybridized carbons (Fsp3) is 0.562. The molecule has 0 aromatic heterocycles. The van der Waals surface area contributed by atoms with Crippen LogP contribution in [0.1, 0.15) is 43.6 Å². The number of rotatable bonds is 7. The number of hydrogen-bond acceptors (Lipinski definition) is 2. The molecule has 0 aliphatic heterocycles. The molecular formula is C16H25NO2. The summed E-state index contributed by atoms with van der Waals surface area (Å²) in [6.45, 7) is 12.0. The molecule has 0 fully saturated rings. The van der Waals surface area contributed by atoms with E-state index in [0.717, 1.165) is 25.2 Å². The van der Waals surface area contributed by atoms with E-state index < -0.39 is 5.97 Å². The molecule has 0 atom stereocenters. The summed E-state index contributed by atoms with van der Waals surface area (Å²) in [5.74, 6) is 0.173. The van der Waals surface area contributed by atoms with E-state index >= 15 is 0 Å². The van der Waals surface area contributed by atoms with Crippen LogP contribution in [0, 0.1) is 11.8 Å². The maximum absolute atomic E-state index is 10.9. The van der Waals surface area contributed by atoms with Gasteiger partial charge < -0.3 is 14.8 Å². The highest BCUT2D eigenvalue weighted by Gasteiger charge is 2.13. The number of aromatic carboxylic acids is 1. The number of carbonyl (C=O) groups is 1. The van der Waals surface area contributed by atoms with E-state index in [1.165, 1.54) is 4.90 Å². The van der Waals surface area contributed by atoms with Crippen LogP contribution in [0.5, 0.6) is 0 Å². The molecular weight excluding hydrogens is 238 g/mol. The Labute approximate surface area is 116 Å². The SMILES string of the molecule is CC(C)C[NH+](Cc1cccc(C(=O)[O-])c1)CC(C)C. The first kappa shape index (κ1) is 15.7. The van der Waals surface area contributed by atoms with Crippen molar-refractivity contribution in [3.63, 3.8) is 0 Å². The molecule has 0 aliphatic rings. The Morgan fingerprint density at radius 2 is 1.74 bits per heavy atom. The molecule has 0 radical (unpaired) electrons. The third kappa shape index (κ3) is 5.88. The number of benzene rings is 1. The molecule has 106 valence electrons.